The number of fused-ring (bicyclic) bond motifs is 2. The molecular formula is C24H24N2O8S4. The second-order valence-corrected chi connectivity index (χ2v) is 14.0. The molecule has 4 N–H and O–H groups in total. The van der Waals surface area contributed by atoms with Crippen molar-refractivity contribution >= 4 is 59.0 Å². The Morgan fingerprint density at radius 1 is 0.711 bits per heavy atom. The van der Waals surface area contributed by atoms with Crippen LogP contribution in [0, 0.1) is 22.7 Å². The maximum absolute atomic E-state index is 12.5. The molecule has 38 heavy (non-hydrogen) atoms. The van der Waals surface area contributed by atoms with Gasteiger partial charge < -0.3 is 29.9 Å². The van der Waals surface area contributed by atoms with Crippen LogP contribution in [-0.4, -0.2) is 56.8 Å². The first kappa shape index (κ1) is 30.1. The SMILES string of the molecule is CC(C)(O)CCOC(=O)C(C#N)=C1Sc2c(O)c3c(c(O)c2S1)SC(=C(C#N)C(=O)OCCC(C)(C)O)S3. The number of thioether (sulfide) groups is 4. The van der Waals surface area contributed by atoms with Crippen molar-refractivity contribution in [3.63, 3.8) is 0 Å². The molecular weight excluding hydrogens is 573 g/mol. The van der Waals surface area contributed by atoms with Crippen LogP contribution < -0.4 is 0 Å². The predicted molar refractivity (Wildman–Crippen MR) is 142 cm³/mol. The van der Waals surface area contributed by atoms with E-state index in [4.69, 9.17) is 9.47 Å². The number of carbonyl (C=O) groups is 2. The van der Waals surface area contributed by atoms with Gasteiger partial charge in [0, 0.05) is 12.8 Å². The fourth-order valence-corrected chi connectivity index (χ4v) is 8.09. The second-order valence-electron chi connectivity index (χ2n) is 9.37. The van der Waals surface area contributed by atoms with E-state index in [2.05, 4.69) is 0 Å². The number of rotatable bonds is 8. The lowest BCUT2D eigenvalue weighted by Gasteiger charge is -2.16. The first-order chi connectivity index (χ1) is 17.7. The summed E-state index contributed by atoms with van der Waals surface area (Å²) < 4.78 is 10.6. The average Bonchev–Trinajstić information content (AvgIpc) is 3.43. The van der Waals surface area contributed by atoms with Crippen LogP contribution in [0.4, 0.5) is 0 Å². The number of carbonyl (C=O) groups excluding carboxylic acids is 2. The molecule has 0 amide bonds. The summed E-state index contributed by atoms with van der Waals surface area (Å²) in [6.45, 7) is 6.05. The van der Waals surface area contributed by atoms with Gasteiger partial charge in [-0.15, -0.1) is 0 Å². The molecule has 0 radical (unpaired) electrons. The molecule has 1 aromatic carbocycles. The summed E-state index contributed by atoms with van der Waals surface area (Å²) in [5.41, 5.74) is -2.70. The van der Waals surface area contributed by atoms with Crippen LogP contribution in [0.5, 0.6) is 11.5 Å². The number of aromatic hydroxyl groups is 2. The monoisotopic (exact) mass is 596 g/mol. The van der Waals surface area contributed by atoms with E-state index in [1.807, 2.05) is 12.1 Å². The van der Waals surface area contributed by atoms with Gasteiger partial charge >= 0.3 is 11.9 Å². The Hall–Kier alpha value is -2.46. The molecule has 0 saturated carbocycles. The zero-order chi connectivity index (χ0) is 28.4. The minimum atomic E-state index is -1.05. The third kappa shape index (κ3) is 6.94. The largest absolute Gasteiger partial charge is 0.505 e. The van der Waals surface area contributed by atoms with Gasteiger partial charge in [0.1, 0.15) is 23.6 Å². The molecule has 2 heterocycles. The van der Waals surface area contributed by atoms with Crippen LogP contribution >= 0.6 is 47.0 Å². The summed E-state index contributed by atoms with van der Waals surface area (Å²) in [6, 6.07) is 3.61. The summed E-state index contributed by atoms with van der Waals surface area (Å²) in [5, 5.41) is 60.6. The van der Waals surface area contributed by atoms with Crippen molar-refractivity contribution in [2.24, 2.45) is 0 Å². The molecule has 0 atom stereocenters. The van der Waals surface area contributed by atoms with E-state index in [1.165, 1.54) is 0 Å². The van der Waals surface area contributed by atoms with Gasteiger partial charge in [-0.2, -0.15) is 10.5 Å². The first-order valence-corrected chi connectivity index (χ1v) is 14.3. The van der Waals surface area contributed by atoms with Gasteiger partial charge in [0.2, 0.25) is 0 Å². The van der Waals surface area contributed by atoms with Crippen LogP contribution in [0.15, 0.2) is 39.2 Å². The Labute approximate surface area is 236 Å². The molecule has 0 fully saturated rings. The van der Waals surface area contributed by atoms with Gasteiger partial charge in [-0.3, -0.25) is 0 Å². The van der Waals surface area contributed by atoms with E-state index in [0.29, 0.717) is 0 Å². The van der Waals surface area contributed by atoms with Crippen molar-refractivity contribution in [3.05, 3.63) is 19.6 Å². The van der Waals surface area contributed by atoms with Crippen LogP contribution in [0.1, 0.15) is 40.5 Å². The van der Waals surface area contributed by atoms with Gasteiger partial charge in [0.15, 0.2) is 11.1 Å². The number of phenols is 2. The summed E-state index contributed by atoms with van der Waals surface area (Å²) in [4.78, 5) is 25.8. The number of benzene rings is 1. The zero-order valence-electron chi connectivity index (χ0n) is 20.8. The van der Waals surface area contributed by atoms with Crippen molar-refractivity contribution < 1.29 is 39.5 Å². The Kier molecular flexibility index (Phi) is 9.29. The van der Waals surface area contributed by atoms with Gasteiger partial charge in [-0.1, -0.05) is 47.0 Å². The van der Waals surface area contributed by atoms with Gasteiger partial charge in [0.25, 0.3) is 0 Å². The second kappa shape index (κ2) is 11.7. The quantitative estimate of drug-likeness (QED) is 0.144. The summed E-state index contributed by atoms with van der Waals surface area (Å²) >= 11 is 3.68. The van der Waals surface area contributed by atoms with Crippen molar-refractivity contribution in [2.75, 3.05) is 13.2 Å². The number of nitrogens with zero attached hydrogens (tertiary/aromatic N) is 2. The third-order valence-electron chi connectivity index (χ3n) is 4.99. The molecule has 1 aromatic rings. The maximum Gasteiger partial charge on any atom is 0.350 e. The molecule has 0 unspecified atom stereocenters. The molecule has 2 aliphatic rings. The van der Waals surface area contributed by atoms with Crippen LogP contribution in [-0.2, 0) is 19.1 Å². The molecule has 0 spiro atoms. The fourth-order valence-electron chi connectivity index (χ4n) is 2.91. The van der Waals surface area contributed by atoms with Crippen molar-refractivity contribution in [1.82, 2.24) is 0 Å². The molecule has 0 aromatic heterocycles. The van der Waals surface area contributed by atoms with E-state index >= 15 is 0 Å². The Morgan fingerprint density at radius 2 is 1.00 bits per heavy atom. The molecule has 0 saturated heterocycles. The Bertz CT molecular complexity index is 1190. The van der Waals surface area contributed by atoms with Crippen molar-refractivity contribution in [1.29, 1.82) is 10.5 Å². The van der Waals surface area contributed by atoms with E-state index in [0.717, 1.165) is 47.0 Å². The fraction of sp³-hybridized carbons (Fsp3) is 0.417. The highest BCUT2D eigenvalue weighted by Crippen LogP contribution is 2.67. The number of esters is 2. The number of hydrogen-bond acceptors (Lipinski definition) is 14. The smallest absolute Gasteiger partial charge is 0.350 e. The lowest BCUT2D eigenvalue weighted by Crippen LogP contribution is -2.22. The van der Waals surface area contributed by atoms with E-state index in [-0.39, 0.29) is 76.8 Å². The minimum Gasteiger partial charge on any atom is -0.505 e. The minimum absolute atomic E-state index is 0.0995. The average molecular weight is 597 g/mol. The first-order valence-electron chi connectivity index (χ1n) is 11.1. The lowest BCUT2D eigenvalue weighted by molar-refractivity contribution is -0.140. The number of phenolic OH excluding ortho intramolecular Hbond substituents is 2. The van der Waals surface area contributed by atoms with Gasteiger partial charge in [-0.25, -0.2) is 9.59 Å². The van der Waals surface area contributed by atoms with Crippen molar-refractivity contribution in [3.8, 4) is 23.6 Å². The number of nitriles is 2. The van der Waals surface area contributed by atoms with E-state index < -0.39 is 23.1 Å². The number of aliphatic hydroxyl groups is 2. The van der Waals surface area contributed by atoms with E-state index in [1.54, 1.807) is 27.7 Å². The summed E-state index contributed by atoms with van der Waals surface area (Å²) in [7, 11) is 0. The van der Waals surface area contributed by atoms with Crippen molar-refractivity contribution in [2.45, 2.75) is 71.3 Å². The highest BCUT2D eigenvalue weighted by molar-refractivity contribution is 8.26. The number of ether oxygens (including phenoxy) is 2. The highest BCUT2D eigenvalue weighted by Gasteiger charge is 2.38. The van der Waals surface area contributed by atoms with Crippen LogP contribution in [0.2, 0.25) is 0 Å². The third-order valence-corrected chi connectivity index (χ3v) is 10.2. The molecule has 202 valence electrons. The molecule has 10 nitrogen and oxygen atoms in total. The number of hydrogen-bond donors (Lipinski definition) is 4. The summed E-state index contributed by atoms with van der Waals surface area (Å²) in [5.74, 6) is -2.23. The normalized spacial score (nSPS) is 14.3. The van der Waals surface area contributed by atoms with Crippen LogP contribution in [0.25, 0.3) is 0 Å². The predicted octanol–water partition coefficient (Wildman–Crippen LogP) is 4.37. The molecule has 0 aliphatic carbocycles. The van der Waals surface area contributed by atoms with Gasteiger partial charge in [0.05, 0.1) is 52.5 Å². The Balaban J connectivity index is 1.84. The van der Waals surface area contributed by atoms with Gasteiger partial charge in [-0.05, 0) is 27.7 Å². The van der Waals surface area contributed by atoms with Crippen LogP contribution in [0.3, 0.4) is 0 Å². The molecule has 3 rings (SSSR count). The lowest BCUT2D eigenvalue weighted by atomic mass is 10.1. The Morgan fingerprint density at radius 3 is 1.24 bits per heavy atom. The maximum atomic E-state index is 12.5. The zero-order valence-corrected chi connectivity index (χ0v) is 24.0. The molecule has 0 bridgehead atoms. The summed E-state index contributed by atoms with van der Waals surface area (Å²) in [6.07, 6.45) is 0.340. The standard InChI is InChI=1S/C24H24N2O8S4/c1-23(2,31)5-7-33-19(29)11(9-25)21-35-15-13(27)17-18(14(28)16(15)36-21)38-22(37-17)12(10-26)20(30)34-8-6-24(3,4)32/h27-28,31-32H,5-8H2,1-4H3. The highest BCUT2D eigenvalue weighted by atomic mass is 32.2. The van der Waals surface area contributed by atoms with E-state index in [9.17, 15) is 40.5 Å². The topological polar surface area (TPSA) is 181 Å². The molecule has 2 aliphatic heterocycles. The molecule has 14 heteroatoms.